The molecule has 28 heavy (non-hydrogen) atoms. The van der Waals surface area contributed by atoms with Gasteiger partial charge in [-0.05, 0) is 26.0 Å². The lowest BCUT2D eigenvalue weighted by Gasteiger charge is -2.21. The molecule has 6 nitrogen and oxygen atoms in total. The quantitative estimate of drug-likeness (QED) is 0.534. The highest BCUT2D eigenvalue weighted by atomic mass is 16.2. The normalized spacial score (nSPS) is 10.9. The zero-order valence-electron chi connectivity index (χ0n) is 15.9. The Bertz CT molecular complexity index is 1110. The van der Waals surface area contributed by atoms with Crippen LogP contribution in [0.4, 0.5) is 5.69 Å². The first-order chi connectivity index (χ1) is 13.7. The molecule has 140 valence electrons. The minimum absolute atomic E-state index is 0.00373. The van der Waals surface area contributed by atoms with E-state index in [9.17, 15) is 4.79 Å². The first kappa shape index (κ1) is 17.9. The van der Waals surface area contributed by atoms with Crippen LogP contribution >= 0.6 is 0 Å². The zero-order chi connectivity index (χ0) is 19.5. The Morgan fingerprint density at radius 3 is 2.36 bits per heavy atom. The third-order valence-electron chi connectivity index (χ3n) is 4.69. The molecule has 0 spiro atoms. The van der Waals surface area contributed by atoms with Gasteiger partial charge in [-0.15, -0.1) is 0 Å². The van der Waals surface area contributed by atoms with Crippen LogP contribution in [-0.2, 0) is 11.3 Å². The fraction of sp³-hybridized carbons (Fsp3) is 0.182. The number of carbonyl (C=O) groups is 1. The number of fused-ring (bicyclic) bond motifs is 1. The Kier molecular flexibility index (Phi) is 4.85. The number of amides is 1. The largest absolute Gasteiger partial charge is 0.311 e. The number of anilines is 1. The van der Waals surface area contributed by atoms with E-state index in [1.807, 2.05) is 79.1 Å². The fourth-order valence-electron chi connectivity index (χ4n) is 3.28. The van der Waals surface area contributed by atoms with Crippen molar-refractivity contribution in [2.24, 2.45) is 0 Å². The molecule has 0 unspecified atom stereocenters. The van der Waals surface area contributed by atoms with Crippen LogP contribution in [-0.4, -0.2) is 32.0 Å². The molecule has 2 aromatic heterocycles. The average Bonchev–Trinajstić information content (AvgIpc) is 3.04. The van der Waals surface area contributed by atoms with E-state index in [0.29, 0.717) is 23.5 Å². The Hall–Kier alpha value is -3.54. The van der Waals surface area contributed by atoms with Crippen molar-refractivity contribution in [2.75, 3.05) is 11.4 Å². The highest BCUT2D eigenvalue weighted by Crippen LogP contribution is 2.20. The van der Waals surface area contributed by atoms with Crippen LogP contribution < -0.4 is 4.90 Å². The molecule has 0 aliphatic rings. The van der Waals surface area contributed by atoms with E-state index in [1.165, 1.54) is 0 Å². The third kappa shape index (κ3) is 3.36. The first-order valence-corrected chi connectivity index (χ1v) is 9.28. The summed E-state index contributed by atoms with van der Waals surface area (Å²) in [6.45, 7) is 4.63. The Labute approximate surface area is 163 Å². The number of carbonyl (C=O) groups excluding carboxylic acids is 1. The number of nitrogens with zero attached hydrogens (tertiary/aromatic N) is 5. The lowest BCUT2D eigenvalue weighted by Crippen LogP contribution is -2.33. The van der Waals surface area contributed by atoms with Crippen molar-refractivity contribution in [3.05, 3.63) is 72.7 Å². The van der Waals surface area contributed by atoms with Gasteiger partial charge in [-0.2, -0.15) is 0 Å². The number of benzene rings is 2. The van der Waals surface area contributed by atoms with E-state index in [1.54, 1.807) is 11.1 Å². The molecule has 0 bridgehead atoms. The number of aryl methyl sites for hydroxylation is 1. The van der Waals surface area contributed by atoms with Gasteiger partial charge < -0.3 is 9.47 Å². The molecule has 0 saturated carbocycles. The Morgan fingerprint density at radius 2 is 1.68 bits per heavy atom. The van der Waals surface area contributed by atoms with E-state index in [2.05, 4.69) is 9.97 Å². The van der Waals surface area contributed by atoms with Crippen molar-refractivity contribution >= 4 is 22.8 Å². The van der Waals surface area contributed by atoms with Crippen LogP contribution in [0.15, 0.2) is 66.9 Å². The Morgan fingerprint density at radius 1 is 1.00 bits per heavy atom. The highest BCUT2D eigenvalue weighted by Gasteiger charge is 2.18. The van der Waals surface area contributed by atoms with Crippen molar-refractivity contribution in [1.29, 1.82) is 0 Å². The van der Waals surface area contributed by atoms with Crippen molar-refractivity contribution < 1.29 is 4.79 Å². The molecule has 1 amide bonds. The molecule has 0 saturated heterocycles. The number of aromatic nitrogens is 4. The molecule has 0 fully saturated rings. The number of likely N-dealkylation sites (N-methyl/N-ethyl adjacent to an activating group) is 1. The van der Waals surface area contributed by atoms with Gasteiger partial charge in [0.1, 0.15) is 17.9 Å². The molecular weight excluding hydrogens is 350 g/mol. The molecule has 4 aromatic rings. The minimum atomic E-state index is -0.00373. The summed E-state index contributed by atoms with van der Waals surface area (Å²) in [5, 5.41) is 0. The number of imidazole rings is 1. The Balaban J connectivity index is 1.70. The number of rotatable bonds is 5. The maximum absolute atomic E-state index is 13.0. The summed E-state index contributed by atoms with van der Waals surface area (Å²) < 4.78 is 1.86. The summed E-state index contributed by atoms with van der Waals surface area (Å²) in [6, 6.07) is 19.5. The minimum Gasteiger partial charge on any atom is -0.311 e. The average molecular weight is 371 g/mol. The van der Waals surface area contributed by atoms with Crippen LogP contribution in [0, 0.1) is 6.92 Å². The van der Waals surface area contributed by atoms with E-state index in [0.717, 1.165) is 17.1 Å². The van der Waals surface area contributed by atoms with Gasteiger partial charge in [-0.25, -0.2) is 15.0 Å². The van der Waals surface area contributed by atoms with Crippen LogP contribution in [0.1, 0.15) is 12.7 Å². The second-order valence-electron chi connectivity index (χ2n) is 6.49. The molecule has 4 rings (SSSR count). The molecule has 0 atom stereocenters. The first-order valence-electron chi connectivity index (χ1n) is 9.28. The van der Waals surface area contributed by atoms with E-state index in [4.69, 9.17) is 4.98 Å². The molecule has 2 aromatic carbocycles. The predicted molar refractivity (Wildman–Crippen MR) is 110 cm³/mol. The fourth-order valence-corrected chi connectivity index (χ4v) is 3.28. The lowest BCUT2D eigenvalue weighted by molar-refractivity contribution is -0.119. The maximum Gasteiger partial charge on any atom is 0.247 e. The second kappa shape index (κ2) is 7.60. The van der Waals surface area contributed by atoms with Gasteiger partial charge >= 0.3 is 0 Å². The van der Waals surface area contributed by atoms with Crippen molar-refractivity contribution in [1.82, 2.24) is 19.5 Å². The smallest absolute Gasteiger partial charge is 0.247 e. The van der Waals surface area contributed by atoms with Gasteiger partial charge in [0.15, 0.2) is 11.5 Å². The highest BCUT2D eigenvalue weighted by molar-refractivity contribution is 5.93. The van der Waals surface area contributed by atoms with Gasteiger partial charge in [0, 0.05) is 17.8 Å². The molecular formula is C22H21N5O. The molecule has 0 radical (unpaired) electrons. The van der Waals surface area contributed by atoms with E-state index in [-0.39, 0.29) is 12.5 Å². The third-order valence-corrected chi connectivity index (χ3v) is 4.69. The van der Waals surface area contributed by atoms with Crippen LogP contribution in [0.2, 0.25) is 0 Å². The monoisotopic (exact) mass is 371 g/mol. The van der Waals surface area contributed by atoms with Crippen LogP contribution in [0.25, 0.3) is 22.6 Å². The molecule has 0 N–H and O–H groups in total. The van der Waals surface area contributed by atoms with E-state index < -0.39 is 0 Å². The number of hydrogen-bond donors (Lipinski definition) is 0. The lowest BCUT2D eigenvalue weighted by atomic mass is 10.2. The van der Waals surface area contributed by atoms with Crippen LogP contribution in [0.5, 0.6) is 0 Å². The molecule has 0 aliphatic carbocycles. The number of para-hydroxylation sites is 1. The van der Waals surface area contributed by atoms with E-state index >= 15 is 0 Å². The molecule has 0 aliphatic heterocycles. The van der Waals surface area contributed by atoms with Crippen molar-refractivity contribution in [3.63, 3.8) is 0 Å². The van der Waals surface area contributed by atoms with Gasteiger partial charge in [-0.3, -0.25) is 4.79 Å². The van der Waals surface area contributed by atoms with Gasteiger partial charge in [0.05, 0.1) is 6.20 Å². The predicted octanol–water partition coefficient (Wildman–Crippen LogP) is 3.85. The standard InChI is InChI=1S/C22H21N5O/c1-3-26(18-12-8-5-9-13-18)20(28)15-27-16(2)24-19-14-23-21(25-22(19)27)17-10-6-4-7-11-17/h4-14H,3,15H2,1-2H3. The summed E-state index contributed by atoms with van der Waals surface area (Å²) in [6.07, 6.45) is 1.72. The molecule has 6 heteroatoms. The maximum atomic E-state index is 13.0. The van der Waals surface area contributed by atoms with Crippen molar-refractivity contribution in [3.8, 4) is 11.4 Å². The summed E-state index contributed by atoms with van der Waals surface area (Å²) >= 11 is 0. The van der Waals surface area contributed by atoms with Crippen LogP contribution in [0.3, 0.4) is 0 Å². The second-order valence-corrected chi connectivity index (χ2v) is 6.49. The van der Waals surface area contributed by atoms with Gasteiger partial charge in [0.25, 0.3) is 0 Å². The summed E-state index contributed by atoms with van der Waals surface area (Å²) in [5.41, 5.74) is 3.17. The van der Waals surface area contributed by atoms with Gasteiger partial charge in [-0.1, -0.05) is 48.5 Å². The zero-order valence-corrected chi connectivity index (χ0v) is 15.9. The molecule has 2 heterocycles. The van der Waals surface area contributed by atoms with Gasteiger partial charge in [0.2, 0.25) is 5.91 Å². The SMILES string of the molecule is CCN(C(=O)Cn1c(C)nc2cnc(-c3ccccc3)nc21)c1ccccc1. The summed E-state index contributed by atoms with van der Waals surface area (Å²) in [4.78, 5) is 28.4. The summed E-state index contributed by atoms with van der Waals surface area (Å²) in [7, 11) is 0. The topological polar surface area (TPSA) is 63.9 Å². The number of hydrogen-bond acceptors (Lipinski definition) is 4. The van der Waals surface area contributed by atoms with Crippen molar-refractivity contribution in [2.45, 2.75) is 20.4 Å². The summed E-state index contributed by atoms with van der Waals surface area (Å²) in [5.74, 6) is 1.36.